The zero-order valence-electron chi connectivity index (χ0n) is 27.8. The molecule has 5 heterocycles. The number of fused-ring (bicyclic) bond motifs is 12. The molecule has 0 N–H and O–H groups in total. The van der Waals surface area contributed by atoms with E-state index in [1.54, 1.807) is 0 Å². The van der Waals surface area contributed by atoms with Crippen molar-refractivity contribution in [3.63, 3.8) is 0 Å². The molecule has 6 aromatic carbocycles. The van der Waals surface area contributed by atoms with E-state index in [2.05, 4.69) is 105 Å². The molecule has 5 aromatic heterocycles. The van der Waals surface area contributed by atoms with Crippen LogP contribution < -0.4 is 0 Å². The normalized spacial score (nSPS) is 11.8. The van der Waals surface area contributed by atoms with Gasteiger partial charge >= 0.3 is 0 Å². The van der Waals surface area contributed by atoms with Crippen LogP contribution in [-0.4, -0.2) is 28.9 Å². The highest BCUT2D eigenvalue weighted by molar-refractivity contribution is 6.23. The van der Waals surface area contributed by atoms with E-state index in [0.717, 1.165) is 60.6 Å². The number of benzene rings is 6. The summed E-state index contributed by atoms with van der Waals surface area (Å²) in [5.74, 6) is 1.81. The third-order valence-electron chi connectivity index (χ3n) is 10.2. The van der Waals surface area contributed by atoms with Gasteiger partial charge in [-0.15, -0.1) is 0 Å². The van der Waals surface area contributed by atoms with Gasteiger partial charge in [0, 0.05) is 49.8 Å². The molecule has 0 unspecified atom stereocenters. The zero-order valence-corrected chi connectivity index (χ0v) is 27.8. The van der Waals surface area contributed by atoms with Gasteiger partial charge in [0.1, 0.15) is 0 Å². The minimum atomic E-state index is 0.566. The van der Waals surface area contributed by atoms with Crippen LogP contribution >= 0.6 is 0 Å². The third kappa shape index (κ3) is 4.25. The first-order valence-corrected chi connectivity index (χ1v) is 17.4. The van der Waals surface area contributed by atoms with Crippen LogP contribution in [-0.2, 0) is 0 Å². The summed E-state index contributed by atoms with van der Waals surface area (Å²) in [6, 6.07) is 57.2. The maximum absolute atomic E-state index is 5.23. The van der Waals surface area contributed by atoms with E-state index in [1.165, 1.54) is 21.7 Å². The SMILES string of the molecule is c1ccc(-c2nc(-c3ccccc3)nc(-n3c4ccc(-c5ccccn5)cc4c4ccc5c(cc6c7ccccc7c7ccccc7n65)c43)n2)cc1. The number of hydrogen-bond donors (Lipinski definition) is 0. The van der Waals surface area contributed by atoms with Crippen LogP contribution in [0.3, 0.4) is 0 Å². The number of rotatable bonds is 4. The summed E-state index contributed by atoms with van der Waals surface area (Å²) >= 11 is 0. The fraction of sp³-hybridized carbons (Fsp3) is 0. The Bertz CT molecular complexity index is 3110. The fourth-order valence-corrected chi connectivity index (χ4v) is 7.88. The lowest BCUT2D eigenvalue weighted by molar-refractivity contribution is 0.955. The highest BCUT2D eigenvalue weighted by atomic mass is 15.2. The fourth-order valence-electron chi connectivity index (χ4n) is 7.88. The second-order valence-corrected chi connectivity index (χ2v) is 13.1. The Labute approximate surface area is 297 Å². The predicted molar refractivity (Wildman–Crippen MR) is 212 cm³/mol. The minimum absolute atomic E-state index is 0.566. The van der Waals surface area contributed by atoms with Gasteiger partial charge in [0.05, 0.1) is 33.3 Å². The monoisotopic (exact) mass is 664 g/mol. The largest absolute Gasteiger partial charge is 0.309 e. The average molecular weight is 665 g/mol. The van der Waals surface area contributed by atoms with Gasteiger partial charge in [-0.05, 0) is 47.9 Å². The molecule has 242 valence electrons. The maximum atomic E-state index is 5.23. The lowest BCUT2D eigenvalue weighted by Gasteiger charge is -2.11. The Morgan fingerprint density at radius 1 is 0.365 bits per heavy atom. The predicted octanol–water partition coefficient (Wildman–Crippen LogP) is 11.1. The smallest absolute Gasteiger partial charge is 0.238 e. The standard InChI is InChI=1S/C46H28N6/c1-3-13-29(14-4-1)44-48-45(30-15-5-2-6-16-30)50-46(49-44)52-40-24-22-31(38-20-11-12-26-47-38)27-36(40)35-23-25-41-37(43(35)52)28-42-34-19-8-7-17-32(34)33-18-9-10-21-39(33)51(41)42/h1-28H. The molecule has 0 aliphatic carbocycles. The van der Waals surface area contributed by atoms with Crippen LogP contribution in [0.5, 0.6) is 0 Å². The minimum Gasteiger partial charge on any atom is -0.309 e. The highest BCUT2D eigenvalue weighted by Crippen LogP contribution is 2.41. The van der Waals surface area contributed by atoms with Crippen molar-refractivity contribution in [2.75, 3.05) is 0 Å². The molecule has 11 rings (SSSR count). The molecule has 0 fully saturated rings. The van der Waals surface area contributed by atoms with E-state index in [4.69, 9.17) is 15.0 Å². The number of aromatic nitrogens is 6. The molecule has 0 spiro atoms. The summed E-state index contributed by atoms with van der Waals surface area (Å²) < 4.78 is 4.64. The summed E-state index contributed by atoms with van der Waals surface area (Å²) in [7, 11) is 0. The Kier molecular flexibility index (Phi) is 6.15. The van der Waals surface area contributed by atoms with Crippen molar-refractivity contribution >= 4 is 59.9 Å². The first-order chi connectivity index (χ1) is 25.8. The van der Waals surface area contributed by atoms with Gasteiger partial charge in [0.15, 0.2) is 11.6 Å². The maximum Gasteiger partial charge on any atom is 0.238 e. The first kappa shape index (κ1) is 28.6. The molecule has 0 aliphatic heterocycles. The van der Waals surface area contributed by atoms with Gasteiger partial charge in [0.2, 0.25) is 5.95 Å². The molecular weight excluding hydrogens is 637 g/mol. The average Bonchev–Trinajstić information content (AvgIpc) is 3.78. The first-order valence-electron chi connectivity index (χ1n) is 17.4. The lowest BCUT2D eigenvalue weighted by Crippen LogP contribution is -2.06. The van der Waals surface area contributed by atoms with E-state index < -0.39 is 0 Å². The summed E-state index contributed by atoms with van der Waals surface area (Å²) in [6.07, 6.45) is 1.84. The van der Waals surface area contributed by atoms with Crippen molar-refractivity contribution in [2.24, 2.45) is 0 Å². The number of nitrogens with zero attached hydrogens (tertiary/aromatic N) is 6. The number of pyridine rings is 2. The van der Waals surface area contributed by atoms with Gasteiger partial charge in [0.25, 0.3) is 0 Å². The molecule has 0 amide bonds. The van der Waals surface area contributed by atoms with Crippen LogP contribution in [0.4, 0.5) is 0 Å². The van der Waals surface area contributed by atoms with Gasteiger partial charge in [-0.3, -0.25) is 9.55 Å². The van der Waals surface area contributed by atoms with E-state index >= 15 is 0 Å². The molecule has 0 saturated carbocycles. The van der Waals surface area contributed by atoms with Crippen LogP contribution in [0.25, 0.3) is 99.9 Å². The summed E-state index contributed by atoms with van der Waals surface area (Å²) in [6.45, 7) is 0. The second-order valence-electron chi connectivity index (χ2n) is 13.1. The molecule has 0 atom stereocenters. The van der Waals surface area contributed by atoms with Crippen LogP contribution in [0, 0.1) is 0 Å². The molecule has 52 heavy (non-hydrogen) atoms. The molecule has 0 aliphatic rings. The van der Waals surface area contributed by atoms with Crippen molar-refractivity contribution in [1.29, 1.82) is 0 Å². The number of hydrogen-bond acceptors (Lipinski definition) is 4. The van der Waals surface area contributed by atoms with Gasteiger partial charge < -0.3 is 4.40 Å². The van der Waals surface area contributed by atoms with Crippen molar-refractivity contribution in [2.45, 2.75) is 0 Å². The highest BCUT2D eigenvalue weighted by Gasteiger charge is 2.22. The number of para-hydroxylation sites is 1. The topological polar surface area (TPSA) is 60.9 Å². The molecule has 0 saturated heterocycles. The van der Waals surface area contributed by atoms with E-state index in [1.807, 2.05) is 79.0 Å². The Balaban J connectivity index is 1.31. The van der Waals surface area contributed by atoms with Crippen LogP contribution in [0.15, 0.2) is 170 Å². The van der Waals surface area contributed by atoms with Gasteiger partial charge in [-0.1, -0.05) is 121 Å². The van der Waals surface area contributed by atoms with E-state index in [9.17, 15) is 0 Å². The Morgan fingerprint density at radius 3 is 1.69 bits per heavy atom. The summed E-state index contributed by atoms with van der Waals surface area (Å²) in [4.78, 5) is 20.2. The molecular formula is C46H28N6. The zero-order chi connectivity index (χ0) is 34.2. The lowest BCUT2D eigenvalue weighted by atomic mass is 10.1. The summed E-state index contributed by atoms with van der Waals surface area (Å²) in [5.41, 5.74) is 9.35. The Hall–Kier alpha value is -7.18. The molecule has 0 radical (unpaired) electrons. The van der Waals surface area contributed by atoms with Crippen molar-refractivity contribution in [3.8, 4) is 40.0 Å². The quantitative estimate of drug-likeness (QED) is 0.176. The molecule has 6 nitrogen and oxygen atoms in total. The molecule has 11 aromatic rings. The van der Waals surface area contributed by atoms with E-state index in [-0.39, 0.29) is 0 Å². The molecule has 6 heteroatoms. The van der Waals surface area contributed by atoms with Crippen LogP contribution in [0.2, 0.25) is 0 Å². The van der Waals surface area contributed by atoms with Crippen LogP contribution in [0.1, 0.15) is 0 Å². The van der Waals surface area contributed by atoms with E-state index in [0.29, 0.717) is 17.6 Å². The Morgan fingerprint density at radius 2 is 0.981 bits per heavy atom. The third-order valence-corrected chi connectivity index (χ3v) is 10.2. The van der Waals surface area contributed by atoms with Crippen molar-refractivity contribution < 1.29 is 0 Å². The molecule has 0 bridgehead atoms. The second kappa shape index (κ2) is 11.2. The summed E-state index contributed by atoms with van der Waals surface area (Å²) in [5, 5.41) is 7.02. The van der Waals surface area contributed by atoms with Crippen molar-refractivity contribution in [3.05, 3.63) is 170 Å². The van der Waals surface area contributed by atoms with Gasteiger partial charge in [-0.25, -0.2) is 4.98 Å². The van der Waals surface area contributed by atoms with Crippen molar-refractivity contribution in [1.82, 2.24) is 28.9 Å². The van der Waals surface area contributed by atoms with Gasteiger partial charge in [-0.2, -0.15) is 9.97 Å².